The van der Waals surface area contributed by atoms with Gasteiger partial charge < -0.3 is 10.8 Å². The molecule has 0 saturated heterocycles. The van der Waals surface area contributed by atoms with Crippen LogP contribution in [-0.4, -0.2) is 24.2 Å². The van der Waals surface area contributed by atoms with E-state index in [-0.39, 0.29) is 19.4 Å². The minimum Gasteiger partial charge on any atom is -0.395 e. The Bertz CT molecular complexity index is 70.0. The zero-order valence-corrected chi connectivity index (χ0v) is 5.06. The maximum Gasteiger partial charge on any atom is 0.238 e. The van der Waals surface area contributed by atoms with E-state index in [1.807, 2.05) is 0 Å². The van der Waals surface area contributed by atoms with E-state index in [1.54, 1.807) is 0 Å². The van der Waals surface area contributed by atoms with Crippen LogP contribution in [0.2, 0.25) is 0 Å². The van der Waals surface area contributed by atoms with Gasteiger partial charge in [0, 0.05) is 12.5 Å². The van der Waals surface area contributed by atoms with E-state index < -0.39 is 12.5 Å². The molecule has 0 aliphatic rings. The van der Waals surface area contributed by atoms with Crippen LogP contribution in [0.25, 0.3) is 0 Å². The molecule has 0 radical (unpaired) electrons. The molecular weight excluding hydrogens is 128 g/mol. The van der Waals surface area contributed by atoms with E-state index in [4.69, 9.17) is 10.8 Å². The van der Waals surface area contributed by atoms with Gasteiger partial charge in [0.25, 0.3) is 0 Å². The Kier molecular flexibility index (Phi) is 4.53. The Morgan fingerprint density at radius 2 is 1.89 bits per heavy atom. The average Bonchev–Trinajstić information content (AvgIpc) is 1.83. The summed E-state index contributed by atoms with van der Waals surface area (Å²) in [6.45, 7) is -0.216. The second-order valence-corrected chi connectivity index (χ2v) is 1.91. The molecule has 0 aliphatic heterocycles. The van der Waals surface area contributed by atoms with Crippen molar-refractivity contribution in [1.82, 2.24) is 0 Å². The van der Waals surface area contributed by atoms with Crippen molar-refractivity contribution in [2.45, 2.75) is 25.3 Å². The molecule has 0 fully saturated rings. The van der Waals surface area contributed by atoms with Gasteiger partial charge in [-0.25, -0.2) is 8.78 Å². The van der Waals surface area contributed by atoms with Gasteiger partial charge in [0.05, 0.1) is 6.61 Å². The smallest absolute Gasteiger partial charge is 0.238 e. The summed E-state index contributed by atoms with van der Waals surface area (Å²) >= 11 is 0. The third-order valence-corrected chi connectivity index (χ3v) is 0.990. The molecule has 0 aromatic carbocycles. The highest BCUT2D eigenvalue weighted by atomic mass is 19.3. The van der Waals surface area contributed by atoms with E-state index in [9.17, 15) is 8.78 Å². The van der Waals surface area contributed by atoms with Crippen molar-refractivity contribution in [3.63, 3.8) is 0 Å². The highest BCUT2D eigenvalue weighted by Gasteiger charge is 2.05. The Labute approximate surface area is 52.7 Å². The Morgan fingerprint density at radius 3 is 2.22 bits per heavy atom. The largest absolute Gasteiger partial charge is 0.395 e. The summed E-state index contributed by atoms with van der Waals surface area (Å²) in [7, 11) is 0. The number of hydrogen-bond donors (Lipinski definition) is 2. The van der Waals surface area contributed by atoms with E-state index >= 15 is 0 Å². The molecule has 4 heteroatoms. The minimum absolute atomic E-state index is 0.189. The highest BCUT2D eigenvalue weighted by molar-refractivity contribution is 4.58. The van der Waals surface area contributed by atoms with E-state index in [2.05, 4.69) is 0 Å². The maximum absolute atomic E-state index is 11.4. The van der Waals surface area contributed by atoms with Crippen LogP contribution in [0.5, 0.6) is 0 Å². The third-order valence-electron chi connectivity index (χ3n) is 0.990. The maximum atomic E-state index is 11.4. The van der Waals surface area contributed by atoms with Crippen LogP contribution in [0.4, 0.5) is 8.78 Å². The van der Waals surface area contributed by atoms with E-state index in [0.717, 1.165) is 0 Å². The van der Waals surface area contributed by atoms with Gasteiger partial charge in [-0.15, -0.1) is 0 Å². The lowest BCUT2D eigenvalue weighted by Gasteiger charge is -2.05. The molecule has 0 aromatic heterocycles. The van der Waals surface area contributed by atoms with Gasteiger partial charge in [0.1, 0.15) is 0 Å². The van der Waals surface area contributed by atoms with Crippen molar-refractivity contribution in [3.8, 4) is 0 Å². The molecule has 1 atom stereocenters. The van der Waals surface area contributed by atoms with Crippen LogP contribution < -0.4 is 5.73 Å². The second kappa shape index (κ2) is 4.64. The van der Waals surface area contributed by atoms with Crippen LogP contribution in [0.3, 0.4) is 0 Å². The molecule has 9 heavy (non-hydrogen) atoms. The standard InChI is InChI=1S/C5H11F2NO/c6-5(7)2-1-4(8)3-9/h4-5,9H,1-3,8H2/t4-/m0/s1. The number of halogens is 2. The Morgan fingerprint density at radius 1 is 1.33 bits per heavy atom. The molecule has 0 spiro atoms. The molecular formula is C5H11F2NO. The van der Waals surface area contributed by atoms with E-state index in [0.29, 0.717) is 0 Å². The summed E-state index contributed by atoms with van der Waals surface area (Å²) in [6.07, 6.45) is -2.34. The summed E-state index contributed by atoms with van der Waals surface area (Å²) in [4.78, 5) is 0. The van der Waals surface area contributed by atoms with Crippen molar-refractivity contribution in [1.29, 1.82) is 0 Å². The lowest BCUT2D eigenvalue weighted by molar-refractivity contribution is 0.127. The molecule has 0 unspecified atom stereocenters. The zero-order valence-electron chi connectivity index (χ0n) is 5.06. The first kappa shape index (κ1) is 8.78. The zero-order chi connectivity index (χ0) is 7.28. The van der Waals surface area contributed by atoms with Crippen LogP contribution >= 0.6 is 0 Å². The summed E-state index contributed by atoms with van der Waals surface area (Å²) in [5.74, 6) is 0. The Hall–Kier alpha value is -0.220. The second-order valence-electron chi connectivity index (χ2n) is 1.91. The van der Waals surface area contributed by atoms with Crippen LogP contribution in [0.1, 0.15) is 12.8 Å². The third kappa shape index (κ3) is 5.65. The lowest BCUT2D eigenvalue weighted by Crippen LogP contribution is -2.24. The van der Waals surface area contributed by atoms with Gasteiger partial charge in [0.15, 0.2) is 0 Å². The predicted octanol–water partition coefficient (Wildman–Crippen LogP) is 0.351. The molecule has 2 nitrogen and oxygen atoms in total. The SMILES string of the molecule is N[C@H](CO)CCC(F)F. The quantitative estimate of drug-likeness (QED) is 0.590. The van der Waals surface area contributed by atoms with Crippen molar-refractivity contribution in [2.24, 2.45) is 5.73 Å². The first-order valence-electron chi connectivity index (χ1n) is 2.81. The van der Waals surface area contributed by atoms with Gasteiger partial charge in [-0.1, -0.05) is 0 Å². The summed E-state index contributed by atoms with van der Waals surface area (Å²) < 4.78 is 22.8. The number of aliphatic hydroxyl groups excluding tert-OH is 1. The Balaban J connectivity index is 3.06. The van der Waals surface area contributed by atoms with Crippen molar-refractivity contribution in [3.05, 3.63) is 0 Å². The van der Waals surface area contributed by atoms with Crippen LogP contribution in [-0.2, 0) is 0 Å². The highest BCUT2D eigenvalue weighted by Crippen LogP contribution is 2.03. The number of alkyl halides is 2. The average molecular weight is 139 g/mol. The van der Waals surface area contributed by atoms with Crippen molar-refractivity contribution in [2.75, 3.05) is 6.61 Å². The molecule has 0 amide bonds. The van der Waals surface area contributed by atoms with Crippen LogP contribution in [0, 0.1) is 0 Å². The fourth-order valence-corrected chi connectivity index (χ4v) is 0.431. The van der Waals surface area contributed by atoms with Crippen molar-refractivity contribution < 1.29 is 13.9 Å². The van der Waals surface area contributed by atoms with Crippen LogP contribution in [0.15, 0.2) is 0 Å². The minimum atomic E-state index is -2.30. The van der Waals surface area contributed by atoms with Gasteiger partial charge in [-0.3, -0.25) is 0 Å². The first-order chi connectivity index (χ1) is 4.16. The molecule has 0 saturated carbocycles. The van der Waals surface area contributed by atoms with Gasteiger partial charge >= 0.3 is 0 Å². The molecule has 0 rings (SSSR count). The number of hydrogen-bond acceptors (Lipinski definition) is 2. The monoisotopic (exact) mass is 139 g/mol. The summed E-state index contributed by atoms with van der Waals surface area (Å²) in [6, 6.07) is -0.487. The normalized spacial score (nSPS) is 14.3. The van der Waals surface area contributed by atoms with Gasteiger partial charge in [-0.05, 0) is 6.42 Å². The first-order valence-corrected chi connectivity index (χ1v) is 2.81. The van der Waals surface area contributed by atoms with Gasteiger partial charge in [-0.2, -0.15) is 0 Å². The number of aliphatic hydroxyl groups is 1. The number of nitrogens with two attached hydrogens (primary N) is 1. The van der Waals surface area contributed by atoms with Crippen molar-refractivity contribution >= 4 is 0 Å². The lowest BCUT2D eigenvalue weighted by atomic mass is 10.2. The fraction of sp³-hybridized carbons (Fsp3) is 1.00. The summed E-state index contributed by atoms with van der Waals surface area (Å²) in [5.41, 5.74) is 5.14. The summed E-state index contributed by atoms with van der Waals surface area (Å²) in [5, 5.41) is 8.28. The van der Waals surface area contributed by atoms with E-state index in [1.165, 1.54) is 0 Å². The van der Waals surface area contributed by atoms with Gasteiger partial charge in [0.2, 0.25) is 6.43 Å². The molecule has 56 valence electrons. The fourth-order valence-electron chi connectivity index (χ4n) is 0.431. The molecule has 0 aromatic rings. The molecule has 0 bridgehead atoms. The predicted molar refractivity (Wildman–Crippen MR) is 30.3 cm³/mol. The molecule has 3 N–H and O–H groups in total. The number of rotatable bonds is 4. The molecule has 0 aliphatic carbocycles. The topological polar surface area (TPSA) is 46.2 Å². The molecule has 0 heterocycles.